The topological polar surface area (TPSA) is 90.6 Å². The van der Waals surface area contributed by atoms with Crippen LogP contribution in [0.5, 0.6) is 11.5 Å². The number of carbonyl (C=O) groups excluding carboxylic acids is 2. The third-order valence-electron chi connectivity index (χ3n) is 2.16. The highest BCUT2D eigenvalue weighted by Crippen LogP contribution is 2.24. The number of methoxy groups -OCH3 is 2. The zero-order valence-corrected chi connectivity index (χ0v) is 9.65. The van der Waals surface area contributed by atoms with Crippen molar-refractivity contribution in [2.24, 2.45) is 5.73 Å². The number of benzene rings is 1. The van der Waals surface area contributed by atoms with Crippen LogP contribution in [0.25, 0.3) is 0 Å². The largest absolute Gasteiger partial charge is 0.497 e. The summed E-state index contributed by atoms with van der Waals surface area (Å²) in [7, 11) is 3.05. The molecule has 0 saturated carbocycles. The molecule has 17 heavy (non-hydrogen) atoms. The predicted octanol–water partition coefficient (Wildman–Crippen LogP) is -0.195. The number of primary amides is 1. The van der Waals surface area contributed by atoms with E-state index in [0.717, 1.165) is 5.56 Å². The Balaban J connectivity index is 2.77. The predicted molar refractivity (Wildman–Crippen MR) is 60.6 cm³/mol. The van der Waals surface area contributed by atoms with Crippen molar-refractivity contribution in [3.05, 3.63) is 23.8 Å². The van der Waals surface area contributed by atoms with Gasteiger partial charge in [-0.25, -0.2) is 0 Å². The van der Waals surface area contributed by atoms with Crippen LogP contribution in [0.4, 0.5) is 0 Å². The summed E-state index contributed by atoms with van der Waals surface area (Å²) in [6.45, 7) is 0.162. The van der Waals surface area contributed by atoms with Crippen LogP contribution in [0.15, 0.2) is 18.2 Å². The van der Waals surface area contributed by atoms with Crippen LogP contribution in [-0.4, -0.2) is 26.0 Å². The van der Waals surface area contributed by atoms with Gasteiger partial charge in [0.05, 0.1) is 14.2 Å². The molecular weight excluding hydrogens is 224 g/mol. The van der Waals surface area contributed by atoms with Crippen LogP contribution in [0, 0.1) is 0 Å². The number of rotatable bonds is 4. The molecule has 0 spiro atoms. The summed E-state index contributed by atoms with van der Waals surface area (Å²) >= 11 is 0. The summed E-state index contributed by atoms with van der Waals surface area (Å²) in [5.74, 6) is -0.638. The van der Waals surface area contributed by atoms with Gasteiger partial charge in [-0.3, -0.25) is 9.59 Å². The molecular formula is C11H14N2O4. The lowest BCUT2D eigenvalue weighted by Crippen LogP contribution is -2.35. The molecule has 92 valence electrons. The van der Waals surface area contributed by atoms with Crippen LogP contribution < -0.4 is 20.5 Å². The van der Waals surface area contributed by atoms with Crippen molar-refractivity contribution in [3.63, 3.8) is 0 Å². The van der Waals surface area contributed by atoms with Gasteiger partial charge in [0.15, 0.2) is 0 Å². The molecule has 2 amide bonds. The quantitative estimate of drug-likeness (QED) is 0.711. The highest BCUT2D eigenvalue weighted by Gasteiger charge is 2.10. The van der Waals surface area contributed by atoms with Crippen molar-refractivity contribution >= 4 is 11.8 Å². The highest BCUT2D eigenvalue weighted by atomic mass is 16.5. The van der Waals surface area contributed by atoms with Gasteiger partial charge in [0.1, 0.15) is 11.5 Å². The van der Waals surface area contributed by atoms with Gasteiger partial charge in [-0.05, 0) is 12.1 Å². The van der Waals surface area contributed by atoms with Gasteiger partial charge in [-0.2, -0.15) is 0 Å². The number of carbonyl (C=O) groups is 2. The molecule has 1 aromatic rings. The Morgan fingerprint density at radius 2 is 2.00 bits per heavy atom. The lowest BCUT2D eigenvalue weighted by Gasteiger charge is -2.10. The maximum Gasteiger partial charge on any atom is 0.309 e. The van der Waals surface area contributed by atoms with E-state index in [1.54, 1.807) is 25.3 Å². The minimum atomic E-state index is -1.02. The van der Waals surface area contributed by atoms with Gasteiger partial charge in [0.2, 0.25) is 0 Å². The van der Waals surface area contributed by atoms with Crippen LogP contribution in [0.3, 0.4) is 0 Å². The van der Waals surface area contributed by atoms with Crippen molar-refractivity contribution < 1.29 is 19.1 Å². The monoisotopic (exact) mass is 238 g/mol. The van der Waals surface area contributed by atoms with Gasteiger partial charge in [-0.1, -0.05) is 0 Å². The fraction of sp³-hybridized carbons (Fsp3) is 0.273. The average Bonchev–Trinajstić information content (AvgIpc) is 2.35. The van der Waals surface area contributed by atoms with Gasteiger partial charge in [0, 0.05) is 18.2 Å². The van der Waals surface area contributed by atoms with Crippen molar-refractivity contribution in [1.82, 2.24) is 5.32 Å². The lowest BCUT2D eigenvalue weighted by molar-refractivity contribution is -0.137. The summed E-state index contributed by atoms with van der Waals surface area (Å²) in [6, 6.07) is 5.15. The molecule has 3 N–H and O–H groups in total. The van der Waals surface area contributed by atoms with Crippen LogP contribution in [-0.2, 0) is 16.1 Å². The van der Waals surface area contributed by atoms with E-state index < -0.39 is 11.8 Å². The first-order valence-corrected chi connectivity index (χ1v) is 4.87. The molecule has 6 heteroatoms. The maximum absolute atomic E-state index is 11.0. The van der Waals surface area contributed by atoms with E-state index in [9.17, 15) is 9.59 Å². The summed E-state index contributed by atoms with van der Waals surface area (Å²) in [6.07, 6.45) is 0. The van der Waals surface area contributed by atoms with E-state index in [4.69, 9.17) is 15.2 Å². The molecule has 0 atom stereocenters. The molecule has 0 aromatic heterocycles. The number of ether oxygens (including phenoxy) is 2. The zero-order valence-electron chi connectivity index (χ0n) is 9.65. The second-order valence-electron chi connectivity index (χ2n) is 3.22. The molecule has 1 aromatic carbocycles. The third-order valence-corrected chi connectivity index (χ3v) is 2.16. The van der Waals surface area contributed by atoms with E-state index in [2.05, 4.69) is 5.32 Å². The number of nitrogens with two attached hydrogens (primary N) is 1. The van der Waals surface area contributed by atoms with Crippen LogP contribution in [0.2, 0.25) is 0 Å². The first-order valence-electron chi connectivity index (χ1n) is 4.87. The zero-order chi connectivity index (χ0) is 12.8. The first kappa shape index (κ1) is 12.8. The smallest absolute Gasteiger partial charge is 0.309 e. The van der Waals surface area contributed by atoms with Crippen molar-refractivity contribution in [3.8, 4) is 11.5 Å². The van der Waals surface area contributed by atoms with Crippen LogP contribution >= 0.6 is 0 Å². The van der Waals surface area contributed by atoms with E-state index in [1.165, 1.54) is 7.11 Å². The van der Waals surface area contributed by atoms with Crippen molar-refractivity contribution in [2.75, 3.05) is 14.2 Å². The van der Waals surface area contributed by atoms with Gasteiger partial charge in [-0.15, -0.1) is 0 Å². The van der Waals surface area contributed by atoms with Crippen molar-refractivity contribution in [2.45, 2.75) is 6.54 Å². The van der Waals surface area contributed by atoms with Gasteiger partial charge >= 0.3 is 11.8 Å². The normalized spacial score (nSPS) is 9.53. The van der Waals surface area contributed by atoms with E-state index >= 15 is 0 Å². The van der Waals surface area contributed by atoms with E-state index in [1.807, 2.05) is 0 Å². The third kappa shape index (κ3) is 3.37. The second kappa shape index (κ2) is 5.74. The number of nitrogens with one attached hydrogen (secondary N) is 1. The van der Waals surface area contributed by atoms with E-state index in [0.29, 0.717) is 11.5 Å². The minimum Gasteiger partial charge on any atom is -0.497 e. The van der Waals surface area contributed by atoms with Crippen LogP contribution in [0.1, 0.15) is 5.56 Å². The summed E-state index contributed by atoms with van der Waals surface area (Å²) in [5.41, 5.74) is 5.54. The molecule has 0 bridgehead atoms. The Morgan fingerprint density at radius 3 is 2.53 bits per heavy atom. The SMILES string of the molecule is COc1ccc(CNC(=O)C(N)=O)c(OC)c1. The summed E-state index contributed by atoms with van der Waals surface area (Å²) < 4.78 is 10.2. The molecule has 0 aliphatic rings. The Morgan fingerprint density at radius 1 is 1.29 bits per heavy atom. The first-order chi connectivity index (χ1) is 8.08. The Labute approximate surface area is 98.7 Å². The lowest BCUT2D eigenvalue weighted by atomic mass is 10.2. The molecule has 0 radical (unpaired) electrons. The standard InChI is InChI=1S/C11H14N2O4/c1-16-8-4-3-7(9(5-8)17-2)6-13-11(15)10(12)14/h3-5H,6H2,1-2H3,(H2,12,14)(H,13,15). The molecule has 0 aliphatic heterocycles. The minimum absolute atomic E-state index is 0.162. The summed E-state index contributed by atoms with van der Waals surface area (Å²) in [5, 5.41) is 2.38. The van der Waals surface area contributed by atoms with Gasteiger partial charge in [0.25, 0.3) is 0 Å². The maximum atomic E-state index is 11.0. The molecule has 6 nitrogen and oxygen atoms in total. The molecule has 0 aliphatic carbocycles. The highest BCUT2D eigenvalue weighted by molar-refractivity contribution is 6.34. The Kier molecular flexibility index (Phi) is 4.33. The molecule has 0 saturated heterocycles. The Hall–Kier alpha value is -2.24. The number of hydrogen-bond acceptors (Lipinski definition) is 4. The number of amides is 2. The fourth-order valence-electron chi connectivity index (χ4n) is 1.26. The van der Waals surface area contributed by atoms with Crippen molar-refractivity contribution in [1.29, 1.82) is 0 Å². The van der Waals surface area contributed by atoms with Gasteiger partial charge < -0.3 is 20.5 Å². The molecule has 0 fully saturated rings. The molecule has 0 heterocycles. The molecule has 0 unspecified atom stereocenters. The van der Waals surface area contributed by atoms with E-state index in [-0.39, 0.29) is 6.54 Å². The Bertz CT molecular complexity index is 431. The summed E-state index contributed by atoms with van der Waals surface area (Å²) in [4.78, 5) is 21.5. The second-order valence-corrected chi connectivity index (χ2v) is 3.22. The number of hydrogen-bond donors (Lipinski definition) is 2. The average molecular weight is 238 g/mol. The fourth-order valence-corrected chi connectivity index (χ4v) is 1.26. The molecule has 1 rings (SSSR count).